The van der Waals surface area contributed by atoms with E-state index in [1.54, 1.807) is 0 Å². The Balaban J connectivity index is 1.45. The van der Waals surface area contributed by atoms with E-state index in [9.17, 15) is 5.11 Å². The Hall–Kier alpha value is -3.32. The maximum absolute atomic E-state index is 10.7. The third kappa shape index (κ3) is 3.11. The highest BCUT2D eigenvalue weighted by atomic mass is 16.3. The van der Waals surface area contributed by atoms with Crippen molar-refractivity contribution in [1.29, 1.82) is 5.41 Å². The minimum absolute atomic E-state index is 0.168. The van der Waals surface area contributed by atoms with Gasteiger partial charge in [-0.15, -0.1) is 0 Å². The molecule has 0 unspecified atom stereocenters. The summed E-state index contributed by atoms with van der Waals surface area (Å²) >= 11 is 0. The number of imidazole rings is 1. The van der Waals surface area contributed by atoms with Gasteiger partial charge in [-0.3, -0.25) is 5.41 Å². The van der Waals surface area contributed by atoms with Crippen LogP contribution in [-0.4, -0.2) is 65.6 Å². The molecule has 3 N–H and O–H groups in total. The number of aryl methyl sites for hydroxylation is 1. The van der Waals surface area contributed by atoms with Crippen LogP contribution in [0.25, 0.3) is 16.6 Å². The lowest BCUT2D eigenvalue weighted by atomic mass is 10.1. The van der Waals surface area contributed by atoms with E-state index in [2.05, 4.69) is 38.9 Å². The number of aliphatic hydroxyl groups is 1. The monoisotopic (exact) mass is 402 g/mol. The molecule has 0 saturated carbocycles. The number of para-hydroxylation sites is 1. The van der Waals surface area contributed by atoms with Gasteiger partial charge in [-0.2, -0.15) is 0 Å². The van der Waals surface area contributed by atoms with Gasteiger partial charge < -0.3 is 24.8 Å². The second-order valence-electron chi connectivity index (χ2n) is 8.12. The van der Waals surface area contributed by atoms with E-state index < -0.39 is 0 Å². The van der Waals surface area contributed by atoms with E-state index in [0.717, 1.165) is 48.5 Å². The fraction of sp³-hybridized carbons (Fsp3) is 0.304. The number of amidine groups is 1. The third-order valence-electron chi connectivity index (χ3n) is 6.08. The van der Waals surface area contributed by atoms with E-state index in [-0.39, 0.29) is 18.1 Å². The number of fused-ring (bicyclic) bond motifs is 1. The normalized spacial score (nSPS) is 18.1. The average Bonchev–Trinajstić information content (AvgIpc) is 3.28. The van der Waals surface area contributed by atoms with Gasteiger partial charge in [0, 0.05) is 37.6 Å². The molecule has 3 aromatic rings. The fourth-order valence-corrected chi connectivity index (χ4v) is 4.28. The molecule has 2 aliphatic rings. The van der Waals surface area contributed by atoms with Gasteiger partial charge in [-0.25, -0.2) is 4.98 Å². The van der Waals surface area contributed by atoms with E-state index >= 15 is 0 Å². The van der Waals surface area contributed by atoms with Gasteiger partial charge in [0.05, 0.1) is 23.2 Å². The molecule has 1 aromatic heterocycles. The molecule has 2 aliphatic heterocycles. The zero-order valence-electron chi connectivity index (χ0n) is 17.3. The van der Waals surface area contributed by atoms with Crippen molar-refractivity contribution in [3.05, 3.63) is 59.6 Å². The van der Waals surface area contributed by atoms with Crippen LogP contribution in [0.1, 0.15) is 11.4 Å². The summed E-state index contributed by atoms with van der Waals surface area (Å²) in [4.78, 5) is 14.6. The van der Waals surface area contributed by atoms with Gasteiger partial charge in [-0.1, -0.05) is 18.2 Å². The van der Waals surface area contributed by atoms with E-state index in [1.807, 2.05) is 42.2 Å². The van der Waals surface area contributed by atoms with Gasteiger partial charge >= 0.3 is 0 Å². The number of piperazine rings is 1. The summed E-state index contributed by atoms with van der Waals surface area (Å²) in [6, 6.07) is 14.1. The molecule has 0 aliphatic carbocycles. The molecule has 0 spiro atoms. The van der Waals surface area contributed by atoms with Crippen molar-refractivity contribution in [3.63, 3.8) is 0 Å². The number of aliphatic hydroxyl groups excluding tert-OH is 1. The van der Waals surface area contributed by atoms with Crippen molar-refractivity contribution >= 4 is 33.8 Å². The standard InChI is InChI=1S/C23H26N6O/c1-15-5-3-4-6-19(15)29-14-20(30)21(22(29)24)23-25-17-8-7-16(13-18(17)26-23)28-11-9-27(2)10-12-28/h3-8,13,24,30H,9-12,14H2,1-2H3,(H,25,26). The number of hydrogen-bond donors (Lipinski definition) is 3. The molecular formula is C23H26N6O. The topological polar surface area (TPSA) is 82.5 Å². The summed E-state index contributed by atoms with van der Waals surface area (Å²) in [5.41, 5.74) is 5.40. The average molecular weight is 403 g/mol. The largest absolute Gasteiger partial charge is 0.509 e. The van der Waals surface area contributed by atoms with Gasteiger partial charge in [0.25, 0.3) is 0 Å². The summed E-state index contributed by atoms with van der Waals surface area (Å²) in [6.45, 7) is 6.41. The van der Waals surface area contributed by atoms with Crippen LogP contribution in [0.5, 0.6) is 0 Å². The maximum atomic E-state index is 10.7. The summed E-state index contributed by atoms with van der Waals surface area (Å²) < 4.78 is 0. The number of rotatable bonds is 3. The number of likely N-dealkylation sites (N-methyl/N-ethyl adjacent to an activating group) is 1. The molecule has 2 aromatic carbocycles. The Morgan fingerprint density at radius 2 is 1.83 bits per heavy atom. The van der Waals surface area contributed by atoms with Crippen molar-refractivity contribution in [2.75, 3.05) is 49.6 Å². The van der Waals surface area contributed by atoms with E-state index in [4.69, 9.17) is 5.41 Å². The SMILES string of the molecule is Cc1ccccc1N1CC(O)=C(c2nc3ccc(N4CCN(C)CC4)cc3[nH]2)C1=N. The minimum atomic E-state index is 0.168. The fourth-order valence-electron chi connectivity index (χ4n) is 4.28. The first-order chi connectivity index (χ1) is 14.5. The Morgan fingerprint density at radius 1 is 1.07 bits per heavy atom. The predicted octanol–water partition coefficient (Wildman–Crippen LogP) is 3.39. The lowest BCUT2D eigenvalue weighted by Gasteiger charge is -2.34. The van der Waals surface area contributed by atoms with Crippen LogP contribution in [0.2, 0.25) is 0 Å². The number of benzene rings is 2. The first-order valence-corrected chi connectivity index (χ1v) is 10.3. The van der Waals surface area contributed by atoms with Crippen molar-refractivity contribution in [1.82, 2.24) is 14.9 Å². The second kappa shape index (κ2) is 7.18. The van der Waals surface area contributed by atoms with Gasteiger partial charge in [0.15, 0.2) is 0 Å². The maximum Gasteiger partial charge on any atom is 0.145 e. The van der Waals surface area contributed by atoms with E-state index in [1.165, 1.54) is 5.69 Å². The molecule has 1 fully saturated rings. The molecule has 0 radical (unpaired) electrons. The van der Waals surface area contributed by atoms with Crippen LogP contribution in [-0.2, 0) is 0 Å². The van der Waals surface area contributed by atoms with Crippen LogP contribution in [0.3, 0.4) is 0 Å². The Labute approximate surface area is 175 Å². The van der Waals surface area contributed by atoms with Crippen LogP contribution in [0, 0.1) is 12.3 Å². The van der Waals surface area contributed by atoms with Gasteiger partial charge in [-0.05, 0) is 43.8 Å². The zero-order valence-corrected chi connectivity index (χ0v) is 17.3. The quantitative estimate of drug-likeness (QED) is 0.626. The Bertz CT molecular complexity index is 1160. The van der Waals surface area contributed by atoms with Crippen molar-refractivity contribution in [3.8, 4) is 0 Å². The van der Waals surface area contributed by atoms with Crippen LogP contribution >= 0.6 is 0 Å². The summed E-state index contributed by atoms with van der Waals surface area (Å²) in [7, 11) is 2.15. The highest BCUT2D eigenvalue weighted by Gasteiger charge is 2.32. The first-order valence-electron chi connectivity index (χ1n) is 10.3. The molecule has 1 saturated heterocycles. The number of anilines is 2. The molecule has 0 atom stereocenters. The van der Waals surface area contributed by atoms with Crippen molar-refractivity contribution in [2.45, 2.75) is 6.92 Å². The molecule has 5 rings (SSSR count). The summed E-state index contributed by atoms with van der Waals surface area (Å²) in [5.74, 6) is 0.973. The Kier molecular flexibility index (Phi) is 4.47. The molecule has 154 valence electrons. The van der Waals surface area contributed by atoms with Crippen LogP contribution in [0.4, 0.5) is 11.4 Å². The zero-order chi connectivity index (χ0) is 20.8. The highest BCUT2D eigenvalue weighted by Crippen LogP contribution is 2.33. The third-order valence-corrected chi connectivity index (χ3v) is 6.08. The molecule has 30 heavy (non-hydrogen) atoms. The molecule has 3 heterocycles. The smallest absolute Gasteiger partial charge is 0.145 e. The number of hydrogen-bond acceptors (Lipinski definition) is 5. The lowest BCUT2D eigenvalue weighted by Crippen LogP contribution is -2.44. The van der Waals surface area contributed by atoms with E-state index in [0.29, 0.717) is 11.4 Å². The van der Waals surface area contributed by atoms with Crippen molar-refractivity contribution < 1.29 is 5.11 Å². The number of nitrogens with zero attached hydrogens (tertiary/aromatic N) is 4. The Morgan fingerprint density at radius 3 is 2.60 bits per heavy atom. The summed E-state index contributed by atoms with van der Waals surface area (Å²) in [6.07, 6.45) is 0. The van der Waals surface area contributed by atoms with Crippen LogP contribution in [0.15, 0.2) is 48.2 Å². The number of nitrogens with one attached hydrogen (secondary N) is 2. The minimum Gasteiger partial charge on any atom is -0.509 e. The lowest BCUT2D eigenvalue weighted by molar-refractivity contribution is 0.313. The highest BCUT2D eigenvalue weighted by molar-refractivity contribution is 6.30. The molecule has 7 heteroatoms. The molecule has 0 amide bonds. The van der Waals surface area contributed by atoms with Crippen molar-refractivity contribution in [2.24, 2.45) is 0 Å². The number of aromatic nitrogens is 2. The van der Waals surface area contributed by atoms with Gasteiger partial charge in [0.1, 0.15) is 17.4 Å². The second-order valence-corrected chi connectivity index (χ2v) is 8.12. The molecular weight excluding hydrogens is 376 g/mol. The molecule has 0 bridgehead atoms. The summed E-state index contributed by atoms with van der Waals surface area (Å²) in [5, 5.41) is 19.4. The number of H-pyrrole nitrogens is 1. The first kappa shape index (κ1) is 18.7. The van der Waals surface area contributed by atoms with Gasteiger partial charge in [0.2, 0.25) is 0 Å². The number of aromatic amines is 1. The van der Waals surface area contributed by atoms with Crippen LogP contribution < -0.4 is 9.80 Å². The predicted molar refractivity (Wildman–Crippen MR) is 122 cm³/mol. The molecule has 7 nitrogen and oxygen atoms in total.